The number of sulfonamides is 1. The number of hydrogen-bond donors (Lipinski definition) is 1. The largest absolute Gasteiger partial charge is 0.495 e. The zero-order valence-electron chi connectivity index (χ0n) is 15.5. The van der Waals surface area contributed by atoms with E-state index in [4.69, 9.17) is 9.47 Å². The first-order valence-electron chi connectivity index (χ1n) is 8.81. The van der Waals surface area contributed by atoms with Crippen molar-refractivity contribution in [2.45, 2.75) is 4.90 Å². The molecular weight excluding hydrogens is 380 g/mol. The molecule has 1 saturated heterocycles. The summed E-state index contributed by atoms with van der Waals surface area (Å²) < 4.78 is 37.0. The fraction of sp³-hybridized carbons (Fsp3) is 0.250. The Hall–Kier alpha value is -2.68. The van der Waals surface area contributed by atoms with Crippen LogP contribution in [-0.4, -0.2) is 52.0 Å². The lowest BCUT2D eigenvalue weighted by Gasteiger charge is -2.26. The molecule has 1 fully saturated rings. The average molecular weight is 402 g/mol. The van der Waals surface area contributed by atoms with Crippen LogP contribution in [0, 0.1) is 0 Å². The number of nitrogens with one attached hydrogen (secondary N) is 1. The van der Waals surface area contributed by atoms with Gasteiger partial charge in [0.1, 0.15) is 5.75 Å². The molecule has 7 nitrogen and oxygen atoms in total. The van der Waals surface area contributed by atoms with Crippen LogP contribution in [0.1, 0.15) is 5.56 Å². The normalized spacial score (nSPS) is 15.5. The Morgan fingerprint density at radius 3 is 2.46 bits per heavy atom. The van der Waals surface area contributed by atoms with Crippen LogP contribution in [-0.2, 0) is 19.6 Å². The van der Waals surface area contributed by atoms with E-state index in [0.29, 0.717) is 37.7 Å². The molecule has 0 unspecified atom stereocenters. The van der Waals surface area contributed by atoms with Crippen molar-refractivity contribution < 1.29 is 22.7 Å². The number of carbonyl (C=O) groups is 1. The quantitative estimate of drug-likeness (QED) is 0.750. The second-order valence-electron chi connectivity index (χ2n) is 6.11. The van der Waals surface area contributed by atoms with Gasteiger partial charge in [0.15, 0.2) is 0 Å². The highest BCUT2D eigenvalue weighted by atomic mass is 32.2. The Morgan fingerprint density at radius 1 is 1.11 bits per heavy atom. The fourth-order valence-corrected chi connectivity index (χ4v) is 4.19. The van der Waals surface area contributed by atoms with E-state index in [2.05, 4.69) is 5.32 Å². The molecule has 1 amide bonds. The number of ether oxygens (including phenoxy) is 2. The Labute approximate surface area is 164 Å². The molecule has 3 rings (SSSR count). The van der Waals surface area contributed by atoms with Crippen molar-refractivity contribution in [1.82, 2.24) is 4.31 Å². The number of carbonyl (C=O) groups excluding carboxylic acids is 1. The van der Waals surface area contributed by atoms with Crippen LogP contribution >= 0.6 is 0 Å². The van der Waals surface area contributed by atoms with Crippen molar-refractivity contribution in [3.8, 4) is 5.75 Å². The van der Waals surface area contributed by atoms with Crippen LogP contribution in [0.15, 0.2) is 59.5 Å². The summed E-state index contributed by atoms with van der Waals surface area (Å²) in [5.41, 5.74) is 1.29. The molecule has 28 heavy (non-hydrogen) atoms. The third kappa shape index (κ3) is 4.78. The van der Waals surface area contributed by atoms with Crippen molar-refractivity contribution in [1.29, 1.82) is 0 Å². The van der Waals surface area contributed by atoms with E-state index in [1.165, 1.54) is 17.5 Å². The minimum absolute atomic E-state index is 0.227. The first-order valence-corrected chi connectivity index (χ1v) is 10.2. The number of para-hydroxylation sites is 2. The maximum atomic E-state index is 12.6. The first-order chi connectivity index (χ1) is 13.5. The summed E-state index contributed by atoms with van der Waals surface area (Å²) in [4.78, 5) is 12.3. The molecule has 0 saturated carbocycles. The Kier molecular flexibility index (Phi) is 6.45. The van der Waals surface area contributed by atoms with E-state index in [0.717, 1.165) is 5.56 Å². The summed E-state index contributed by atoms with van der Waals surface area (Å²) in [5.74, 6) is 0.261. The molecule has 2 aromatic carbocycles. The minimum Gasteiger partial charge on any atom is -0.495 e. The molecule has 0 radical (unpaired) electrons. The number of anilines is 1. The Balaban J connectivity index is 1.65. The molecule has 148 valence electrons. The van der Waals surface area contributed by atoms with Crippen LogP contribution in [0.5, 0.6) is 5.75 Å². The minimum atomic E-state index is -3.52. The highest BCUT2D eigenvalue weighted by Crippen LogP contribution is 2.23. The van der Waals surface area contributed by atoms with Crippen LogP contribution in [0.25, 0.3) is 6.08 Å². The Bertz CT molecular complexity index is 949. The zero-order chi connectivity index (χ0) is 20.0. The van der Waals surface area contributed by atoms with Gasteiger partial charge in [0.05, 0.1) is 30.9 Å². The van der Waals surface area contributed by atoms with Crippen molar-refractivity contribution in [3.05, 3.63) is 60.2 Å². The first kappa shape index (κ1) is 20.1. The number of methoxy groups -OCH3 is 1. The standard InChI is InChI=1S/C20H22N2O5S/c1-26-19-5-3-2-4-18(19)21-20(23)11-8-16-6-9-17(10-7-16)28(24,25)22-12-14-27-15-13-22/h2-11H,12-15H2,1H3,(H,21,23)/b11-8-. The fourth-order valence-electron chi connectivity index (χ4n) is 2.78. The number of nitrogens with zero attached hydrogens (tertiary/aromatic N) is 1. The molecule has 0 spiro atoms. The predicted molar refractivity (Wildman–Crippen MR) is 107 cm³/mol. The van der Waals surface area contributed by atoms with E-state index >= 15 is 0 Å². The highest BCUT2D eigenvalue weighted by molar-refractivity contribution is 7.89. The molecule has 1 N–H and O–H groups in total. The van der Waals surface area contributed by atoms with Crippen LogP contribution in [0.2, 0.25) is 0 Å². The maximum Gasteiger partial charge on any atom is 0.248 e. The van der Waals surface area contributed by atoms with Crippen molar-refractivity contribution in [2.75, 3.05) is 38.7 Å². The summed E-state index contributed by atoms with van der Waals surface area (Å²) in [6, 6.07) is 13.5. The number of morpholine rings is 1. The average Bonchev–Trinajstić information content (AvgIpc) is 2.73. The summed E-state index contributed by atoms with van der Waals surface area (Å²) in [5, 5.41) is 2.75. The van der Waals surface area contributed by atoms with Gasteiger partial charge in [0.25, 0.3) is 0 Å². The smallest absolute Gasteiger partial charge is 0.248 e. The summed E-state index contributed by atoms with van der Waals surface area (Å²) in [6.45, 7) is 1.52. The molecule has 0 aromatic heterocycles. The third-order valence-electron chi connectivity index (χ3n) is 4.28. The molecule has 8 heteroatoms. The van der Waals surface area contributed by atoms with Crippen molar-refractivity contribution in [2.24, 2.45) is 0 Å². The predicted octanol–water partition coefficient (Wildman–Crippen LogP) is 2.37. The van der Waals surface area contributed by atoms with E-state index in [1.807, 2.05) is 6.07 Å². The lowest BCUT2D eigenvalue weighted by Crippen LogP contribution is -2.40. The lowest BCUT2D eigenvalue weighted by molar-refractivity contribution is -0.111. The van der Waals surface area contributed by atoms with Gasteiger partial charge in [-0.25, -0.2) is 8.42 Å². The number of benzene rings is 2. The van der Waals surface area contributed by atoms with E-state index in [-0.39, 0.29) is 10.8 Å². The van der Waals surface area contributed by atoms with Crippen molar-refractivity contribution >= 4 is 27.7 Å². The summed E-state index contributed by atoms with van der Waals surface area (Å²) >= 11 is 0. The van der Waals surface area contributed by atoms with Gasteiger partial charge in [-0.1, -0.05) is 24.3 Å². The number of amides is 1. The van der Waals surface area contributed by atoms with Crippen LogP contribution in [0.4, 0.5) is 5.69 Å². The molecule has 1 heterocycles. The lowest BCUT2D eigenvalue weighted by atomic mass is 10.2. The van der Waals surface area contributed by atoms with E-state index in [1.54, 1.807) is 48.5 Å². The molecular formula is C20H22N2O5S. The zero-order valence-corrected chi connectivity index (χ0v) is 16.3. The SMILES string of the molecule is COc1ccccc1NC(=O)/C=C\c1ccc(S(=O)(=O)N2CCOCC2)cc1. The van der Waals surface area contributed by atoms with Gasteiger partial charge < -0.3 is 14.8 Å². The van der Waals surface area contributed by atoms with E-state index < -0.39 is 10.0 Å². The van der Waals surface area contributed by atoms with Gasteiger partial charge in [0, 0.05) is 19.2 Å². The van der Waals surface area contributed by atoms with E-state index in [9.17, 15) is 13.2 Å². The highest BCUT2D eigenvalue weighted by Gasteiger charge is 2.25. The number of hydrogen-bond acceptors (Lipinski definition) is 5. The third-order valence-corrected chi connectivity index (χ3v) is 6.19. The second kappa shape index (κ2) is 9.01. The van der Waals surface area contributed by atoms with Crippen LogP contribution < -0.4 is 10.1 Å². The monoisotopic (exact) mass is 402 g/mol. The summed E-state index contributed by atoms with van der Waals surface area (Å²) in [6.07, 6.45) is 3.01. The van der Waals surface area contributed by atoms with Gasteiger partial charge in [-0.05, 0) is 35.9 Å². The van der Waals surface area contributed by atoms with Gasteiger partial charge in [-0.2, -0.15) is 4.31 Å². The second-order valence-corrected chi connectivity index (χ2v) is 8.05. The van der Waals surface area contributed by atoms with Gasteiger partial charge in [0.2, 0.25) is 15.9 Å². The maximum absolute atomic E-state index is 12.6. The van der Waals surface area contributed by atoms with Gasteiger partial charge >= 0.3 is 0 Å². The molecule has 1 aliphatic rings. The summed E-state index contributed by atoms with van der Waals surface area (Å²) in [7, 11) is -1.99. The van der Waals surface area contributed by atoms with Crippen molar-refractivity contribution in [3.63, 3.8) is 0 Å². The topological polar surface area (TPSA) is 84.9 Å². The van der Waals surface area contributed by atoms with Gasteiger partial charge in [-0.15, -0.1) is 0 Å². The molecule has 2 aromatic rings. The molecule has 1 aliphatic heterocycles. The Morgan fingerprint density at radius 2 is 1.79 bits per heavy atom. The van der Waals surface area contributed by atoms with Gasteiger partial charge in [-0.3, -0.25) is 4.79 Å². The van der Waals surface area contributed by atoms with Crippen LogP contribution in [0.3, 0.4) is 0 Å². The number of rotatable bonds is 6. The molecule has 0 bridgehead atoms. The molecule has 0 aliphatic carbocycles. The molecule has 0 atom stereocenters.